The van der Waals surface area contributed by atoms with Crippen LogP contribution in [0.2, 0.25) is 0 Å². The standard InChI is InChI=1S/C29H36N4O6S/c1-28(2,3)38-26(35)31-21-8-7-19(20-11-16-37-18-20)17-22(21)30-25(34)23-9-10-24(40-23)32-12-14-33(15-13-32)27(36)39-29(4,5)6/h7-11,16-18H,12-15H2,1-6H3,(H,30,34)(H,31,35). The predicted octanol–water partition coefficient (Wildman–Crippen LogP) is 6.66. The molecule has 0 aliphatic carbocycles. The van der Waals surface area contributed by atoms with E-state index in [1.807, 2.05) is 39.0 Å². The summed E-state index contributed by atoms with van der Waals surface area (Å²) in [5, 5.41) is 6.61. The van der Waals surface area contributed by atoms with Gasteiger partial charge >= 0.3 is 12.2 Å². The first-order chi connectivity index (χ1) is 18.8. The smallest absolute Gasteiger partial charge is 0.412 e. The highest BCUT2D eigenvalue weighted by molar-refractivity contribution is 7.18. The van der Waals surface area contributed by atoms with Crippen LogP contribution in [0.5, 0.6) is 0 Å². The van der Waals surface area contributed by atoms with Crippen molar-refractivity contribution in [3.63, 3.8) is 0 Å². The highest BCUT2D eigenvalue weighted by Gasteiger charge is 2.27. The van der Waals surface area contributed by atoms with E-state index >= 15 is 0 Å². The second kappa shape index (κ2) is 11.6. The molecule has 0 saturated carbocycles. The Balaban J connectivity index is 1.45. The van der Waals surface area contributed by atoms with Crippen LogP contribution in [0.15, 0.2) is 53.3 Å². The molecule has 40 heavy (non-hydrogen) atoms. The lowest BCUT2D eigenvalue weighted by molar-refractivity contribution is 0.0240. The first kappa shape index (κ1) is 29.0. The van der Waals surface area contributed by atoms with Gasteiger partial charge in [0.1, 0.15) is 11.2 Å². The van der Waals surface area contributed by atoms with Gasteiger partial charge in [-0.05, 0) is 77.4 Å². The molecule has 1 aliphatic heterocycles. The van der Waals surface area contributed by atoms with Gasteiger partial charge in [-0.1, -0.05) is 6.07 Å². The van der Waals surface area contributed by atoms with Crippen LogP contribution in [0.4, 0.5) is 26.0 Å². The highest BCUT2D eigenvalue weighted by Crippen LogP contribution is 2.32. The molecule has 3 amide bonds. The Kier molecular flexibility index (Phi) is 8.43. The molecule has 1 aromatic carbocycles. The maximum absolute atomic E-state index is 13.3. The fraction of sp³-hybridized carbons (Fsp3) is 0.414. The third-order valence-electron chi connectivity index (χ3n) is 5.82. The number of hydrogen-bond acceptors (Lipinski definition) is 8. The van der Waals surface area contributed by atoms with Crippen molar-refractivity contribution >= 4 is 45.8 Å². The number of carbonyl (C=O) groups excluding carboxylic acids is 3. The molecule has 2 aromatic heterocycles. The van der Waals surface area contributed by atoms with Gasteiger partial charge in [0.25, 0.3) is 5.91 Å². The van der Waals surface area contributed by atoms with E-state index in [4.69, 9.17) is 13.9 Å². The Morgan fingerprint density at radius 2 is 1.52 bits per heavy atom. The van der Waals surface area contributed by atoms with Crippen LogP contribution in [-0.4, -0.2) is 60.4 Å². The molecule has 0 radical (unpaired) electrons. The second-order valence-corrected chi connectivity index (χ2v) is 12.5. The number of rotatable bonds is 5. The molecule has 0 bridgehead atoms. The molecular formula is C29H36N4O6S. The Morgan fingerprint density at radius 3 is 2.15 bits per heavy atom. The van der Waals surface area contributed by atoms with Crippen molar-refractivity contribution in [2.45, 2.75) is 52.7 Å². The number of furan rings is 1. The number of carbonyl (C=O) groups is 3. The van der Waals surface area contributed by atoms with E-state index in [2.05, 4.69) is 15.5 Å². The number of hydrogen-bond donors (Lipinski definition) is 2. The van der Waals surface area contributed by atoms with E-state index in [0.717, 1.165) is 16.1 Å². The van der Waals surface area contributed by atoms with Crippen LogP contribution in [0, 0.1) is 0 Å². The first-order valence-electron chi connectivity index (χ1n) is 13.1. The summed E-state index contributed by atoms with van der Waals surface area (Å²) in [5.41, 5.74) is 1.28. The SMILES string of the molecule is CC(C)(C)OC(=O)Nc1ccc(-c2ccoc2)cc1NC(=O)c1ccc(N2CCN(C(=O)OC(C)(C)C)CC2)s1. The average Bonchev–Trinajstić information content (AvgIpc) is 3.56. The summed E-state index contributed by atoms with van der Waals surface area (Å²) in [6.07, 6.45) is 2.24. The largest absolute Gasteiger partial charge is 0.472 e. The minimum atomic E-state index is -0.671. The number of nitrogens with one attached hydrogen (secondary N) is 2. The van der Waals surface area contributed by atoms with Gasteiger partial charge in [0, 0.05) is 31.7 Å². The lowest BCUT2D eigenvalue weighted by Gasteiger charge is -2.36. The minimum Gasteiger partial charge on any atom is -0.472 e. The number of anilines is 3. The fourth-order valence-corrected chi connectivity index (χ4v) is 4.97. The normalized spacial score (nSPS) is 14.1. The summed E-state index contributed by atoms with van der Waals surface area (Å²) in [4.78, 5) is 42.5. The van der Waals surface area contributed by atoms with Crippen molar-refractivity contribution in [1.82, 2.24) is 4.90 Å². The van der Waals surface area contributed by atoms with E-state index < -0.39 is 17.3 Å². The van der Waals surface area contributed by atoms with Gasteiger partial charge in [-0.25, -0.2) is 9.59 Å². The van der Waals surface area contributed by atoms with Crippen molar-refractivity contribution in [3.05, 3.63) is 53.8 Å². The third-order valence-corrected chi connectivity index (χ3v) is 6.96. The van der Waals surface area contributed by atoms with Gasteiger partial charge in [-0.15, -0.1) is 11.3 Å². The number of piperazine rings is 1. The first-order valence-corrected chi connectivity index (χ1v) is 13.9. The van der Waals surface area contributed by atoms with Crippen LogP contribution in [-0.2, 0) is 9.47 Å². The van der Waals surface area contributed by atoms with Crippen LogP contribution < -0.4 is 15.5 Å². The van der Waals surface area contributed by atoms with Crippen LogP contribution >= 0.6 is 11.3 Å². The molecular weight excluding hydrogens is 532 g/mol. The zero-order valence-electron chi connectivity index (χ0n) is 23.7. The lowest BCUT2D eigenvalue weighted by atomic mass is 10.1. The van der Waals surface area contributed by atoms with Crippen LogP contribution in [0.25, 0.3) is 11.1 Å². The summed E-state index contributed by atoms with van der Waals surface area (Å²) >= 11 is 1.37. The molecule has 1 fully saturated rings. The van der Waals surface area contributed by atoms with Crippen molar-refractivity contribution in [1.29, 1.82) is 0 Å². The summed E-state index contributed by atoms with van der Waals surface area (Å²) in [6.45, 7) is 13.2. The van der Waals surface area contributed by atoms with Gasteiger partial charge in [-0.2, -0.15) is 0 Å². The quantitative estimate of drug-likeness (QED) is 0.354. The predicted molar refractivity (Wildman–Crippen MR) is 156 cm³/mol. The Bertz CT molecular complexity index is 1350. The van der Waals surface area contributed by atoms with Crippen LogP contribution in [0.3, 0.4) is 0 Å². The highest BCUT2D eigenvalue weighted by atomic mass is 32.1. The molecule has 1 saturated heterocycles. The van der Waals surface area contributed by atoms with E-state index in [0.29, 0.717) is 42.4 Å². The molecule has 214 valence electrons. The third kappa shape index (κ3) is 7.78. The summed E-state index contributed by atoms with van der Waals surface area (Å²) in [7, 11) is 0. The molecule has 2 N–H and O–H groups in total. The van der Waals surface area contributed by atoms with E-state index in [9.17, 15) is 14.4 Å². The average molecular weight is 569 g/mol. The van der Waals surface area contributed by atoms with Crippen molar-refractivity contribution in [3.8, 4) is 11.1 Å². The molecule has 4 rings (SSSR count). The Labute approximate surface area is 238 Å². The van der Waals surface area contributed by atoms with Crippen LogP contribution in [0.1, 0.15) is 51.2 Å². The van der Waals surface area contributed by atoms with Crippen molar-refractivity contribution in [2.75, 3.05) is 41.7 Å². The number of thiophene rings is 1. The summed E-state index contributed by atoms with van der Waals surface area (Å²) < 4.78 is 16.1. The molecule has 3 heterocycles. The number of nitrogens with zero attached hydrogens (tertiary/aromatic N) is 2. The van der Waals surface area contributed by atoms with Gasteiger partial charge < -0.3 is 29.0 Å². The Morgan fingerprint density at radius 1 is 0.825 bits per heavy atom. The topological polar surface area (TPSA) is 113 Å². The van der Waals surface area contributed by atoms with Crippen molar-refractivity contribution in [2.24, 2.45) is 0 Å². The number of amides is 3. The molecule has 1 aliphatic rings. The maximum Gasteiger partial charge on any atom is 0.412 e. The van der Waals surface area contributed by atoms with Gasteiger partial charge in [0.15, 0.2) is 0 Å². The monoisotopic (exact) mass is 568 g/mol. The zero-order chi connectivity index (χ0) is 29.1. The van der Waals surface area contributed by atoms with Gasteiger partial charge in [0.2, 0.25) is 0 Å². The molecule has 3 aromatic rings. The van der Waals surface area contributed by atoms with Gasteiger partial charge in [-0.3, -0.25) is 10.1 Å². The molecule has 10 nitrogen and oxygen atoms in total. The minimum absolute atomic E-state index is 0.305. The Hall–Kier alpha value is -3.99. The second-order valence-electron chi connectivity index (χ2n) is 11.4. The van der Waals surface area contributed by atoms with E-state index in [-0.39, 0.29) is 12.0 Å². The number of ether oxygens (including phenoxy) is 2. The van der Waals surface area contributed by atoms with Gasteiger partial charge in [0.05, 0.1) is 33.8 Å². The molecule has 0 atom stereocenters. The summed E-state index contributed by atoms with van der Waals surface area (Å²) in [5.74, 6) is -0.305. The zero-order valence-corrected chi connectivity index (χ0v) is 24.5. The lowest BCUT2D eigenvalue weighted by Crippen LogP contribution is -2.49. The van der Waals surface area contributed by atoms with E-state index in [1.54, 1.807) is 56.4 Å². The molecule has 11 heteroatoms. The van der Waals surface area contributed by atoms with Crippen molar-refractivity contribution < 1.29 is 28.3 Å². The fourth-order valence-electron chi connectivity index (χ4n) is 4.02. The molecule has 0 unspecified atom stereocenters. The number of benzene rings is 1. The molecule has 0 spiro atoms. The summed E-state index contributed by atoms with van der Waals surface area (Å²) in [6, 6.07) is 10.8. The van der Waals surface area contributed by atoms with E-state index in [1.165, 1.54) is 11.3 Å². The maximum atomic E-state index is 13.3.